The Bertz CT molecular complexity index is 1520. The van der Waals surface area contributed by atoms with E-state index in [1.807, 2.05) is 26.8 Å². The summed E-state index contributed by atoms with van der Waals surface area (Å²) >= 11 is 0. The van der Waals surface area contributed by atoms with E-state index in [4.69, 9.17) is 23.4 Å². The Morgan fingerprint density at radius 1 is 1.23 bits per heavy atom. The third kappa shape index (κ3) is 5.75. The molecule has 1 saturated heterocycles. The first-order valence-corrected chi connectivity index (χ1v) is 15.2. The number of carbonyl (C=O) groups excluding carboxylic acids is 1. The van der Waals surface area contributed by atoms with Crippen molar-refractivity contribution in [2.45, 2.75) is 44.9 Å². The molecule has 0 bridgehead atoms. The van der Waals surface area contributed by atoms with Crippen molar-refractivity contribution in [3.63, 3.8) is 0 Å². The number of hydrogen-bond acceptors (Lipinski definition) is 7. The van der Waals surface area contributed by atoms with E-state index in [-0.39, 0.29) is 25.2 Å². The molecule has 5 rings (SSSR count). The van der Waals surface area contributed by atoms with Crippen LogP contribution in [0, 0.1) is 5.82 Å². The molecule has 11 heteroatoms. The highest BCUT2D eigenvalue weighted by Gasteiger charge is 2.35. The molecule has 0 aliphatic carbocycles. The van der Waals surface area contributed by atoms with Crippen LogP contribution in [0.25, 0.3) is 22.3 Å². The quantitative estimate of drug-likeness (QED) is 0.420. The summed E-state index contributed by atoms with van der Waals surface area (Å²) in [6.07, 6.45) is 0.550. The van der Waals surface area contributed by atoms with Gasteiger partial charge >= 0.3 is 0 Å². The molecule has 40 heavy (non-hydrogen) atoms. The van der Waals surface area contributed by atoms with Gasteiger partial charge in [0.15, 0.2) is 5.79 Å². The van der Waals surface area contributed by atoms with E-state index in [0.29, 0.717) is 46.8 Å². The van der Waals surface area contributed by atoms with Gasteiger partial charge in [0.2, 0.25) is 0 Å². The number of furan rings is 1. The monoisotopic (exact) mass is 574 g/mol. The van der Waals surface area contributed by atoms with Gasteiger partial charge in [0.25, 0.3) is 5.91 Å². The standard InChI is InChI=1S/C29H35FN2O7S/c1-17-22-11-23-25(38-27(26(23)28(33)31-4)18-7-9-19(30)10-8-18)12-24(22)32(40(5,6)34)13-20(37-17)14-35-15-21-16-36-29(2,3)39-21/h7-12,17,20-21H,5,13-16H2,1-4,6H3,(H,31,33)/t17-,20-,21-,40?/m0/s1. The van der Waals surface area contributed by atoms with Crippen LogP contribution in [0.1, 0.15) is 42.8 Å². The van der Waals surface area contributed by atoms with Crippen molar-refractivity contribution in [3.8, 4) is 11.3 Å². The number of hydrogen-bond donors (Lipinski definition) is 1. The second-order valence-corrected chi connectivity index (χ2v) is 13.1. The van der Waals surface area contributed by atoms with Gasteiger partial charge in [-0.25, -0.2) is 8.60 Å². The van der Waals surface area contributed by atoms with Crippen LogP contribution >= 0.6 is 0 Å². The van der Waals surface area contributed by atoms with Gasteiger partial charge in [-0.1, -0.05) is 0 Å². The average Bonchev–Trinajstić information content (AvgIpc) is 3.39. The molecule has 1 N–H and O–H groups in total. The lowest BCUT2D eigenvalue weighted by molar-refractivity contribution is -0.147. The predicted molar refractivity (Wildman–Crippen MR) is 153 cm³/mol. The van der Waals surface area contributed by atoms with Crippen molar-refractivity contribution in [2.24, 2.45) is 0 Å². The summed E-state index contributed by atoms with van der Waals surface area (Å²) in [5.41, 5.74) is 2.68. The highest BCUT2D eigenvalue weighted by atomic mass is 32.2. The fourth-order valence-electron chi connectivity index (χ4n) is 5.17. The smallest absolute Gasteiger partial charge is 0.255 e. The topological polar surface area (TPSA) is 99.5 Å². The number of nitrogens with zero attached hydrogens (tertiary/aromatic N) is 1. The molecule has 0 radical (unpaired) electrons. The molecule has 3 aromatic rings. The van der Waals surface area contributed by atoms with Crippen molar-refractivity contribution in [3.05, 3.63) is 53.3 Å². The maximum Gasteiger partial charge on any atom is 0.255 e. The number of ether oxygens (including phenoxy) is 4. The van der Waals surface area contributed by atoms with Gasteiger partial charge in [0.05, 0.1) is 43.7 Å². The second-order valence-electron chi connectivity index (χ2n) is 10.7. The molecule has 216 valence electrons. The minimum absolute atomic E-state index is 0.180. The van der Waals surface area contributed by atoms with Gasteiger partial charge in [0, 0.05) is 45.6 Å². The molecule has 2 aliphatic rings. The molecule has 1 unspecified atom stereocenters. The first kappa shape index (κ1) is 28.6. The zero-order valence-electron chi connectivity index (χ0n) is 23.3. The number of rotatable bonds is 7. The molecule has 3 heterocycles. The highest BCUT2D eigenvalue weighted by molar-refractivity contribution is 8.00. The van der Waals surface area contributed by atoms with E-state index in [0.717, 1.165) is 5.56 Å². The van der Waals surface area contributed by atoms with E-state index in [1.54, 1.807) is 28.8 Å². The highest BCUT2D eigenvalue weighted by Crippen LogP contribution is 2.42. The Morgan fingerprint density at radius 2 is 1.93 bits per heavy atom. The maximum absolute atomic E-state index is 13.6. The van der Waals surface area contributed by atoms with Crippen molar-refractivity contribution in [2.75, 3.05) is 44.0 Å². The zero-order valence-corrected chi connectivity index (χ0v) is 24.1. The fraction of sp³-hybridized carbons (Fsp3) is 0.448. The first-order chi connectivity index (χ1) is 18.9. The van der Waals surface area contributed by atoms with Gasteiger partial charge in [-0.15, -0.1) is 0 Å². The Kier molecular flexibility index (Phi) is 7.71. The Balaban J connectivity index is 1.50. The molecule has 2 aromatic carbocycles. The van der Waals surface area contributed by atoms with Crippen LogP contribution in [0.15, 0.2) is 40.8 Å². The minimum Gasteiger partial charge on any atom is -0.455 e. The van der Waals surface area contributed by atoms with Crippen LogP contribution in [-0.4, -0.2) is 73.7 Å². The third-order valence-electron chi connectivity index (χ3n) is 7.01. The SMILES string of the molecule is C=S(C)(=O)N1C[C@@H](COC[C@H]2COC(C)(C)O2)O[C@@H](C)c2cc3c(C(=O)NC)c(-c4ccc(F)cc4)oc3cc21. The van der Waals surface area contributed by atoms with E-state index in [2.05, 4.69) is 11.2 Å². The van der Waals surface area contributed by atoms with Crippen LogP contribution in [0.2, 0.25) is 0 Å². The molecule has 0 saturated carbocycles. The summed E-state index contributed by atoms with van der Waals surface area (Å²) in [5.74, 6) is 2.88. The molecule has 0 spiro atoms. The van der Waals surface area contributed by atoms with Gasteiger partial charge in [-0.3, -0.25) is 9.10 Å². The number of nitrogens with one attached hydrogen (secondary N) is 1. The van der Waals surface area contributed by atoms with Gasteiger partial charge in [0.1, 0.15) is 29.4 Å². The molecule has 1 amide bonds. The Labute approximate surface area is 233 Å². The van der Waals surface area contributed by atoms with Crippen molar-refractivity contribution in [1.82, 2.24) is 5.32 Å². The van der Waals surface area contributed by atoms with Crippen molar-refractivity contribution in [1.29, 1.82) is 0 Å². The lowest BCUT2D eigenvalue weighted by Crippen LogP contribution is -2.39. The van der Waals surface area contributed by atoms with Crippen molar-refractivity contribution >= 4 is 38.1 Å². The van der Waals surface area contributed by atoms with E-state index < -0.39 is 33.5 Å². The van der Waals surface area contributed by atoms with E-state index in [1.165, 1.54) is 19.2 Å². The largest absolute Gasteiger partial charge is 0.455 e. The molecule has 4 atom stereocenters. The fourth-order valence-corrected chi connectivity index (χ4v) is 6.22. The lowest BCUT2D eigenvalue weighted by Gasteiger charge is -2.28. The molecular formula is C29H35FN2O7S. The summed E-state index contributed by atoms with van der Waals surface area (Å²) in [6, 6.07) is 9.36. The van der Waals surface area contributed by atoms with E-state index >= 15 is 0 Å². The van der Waals surface area contributed by atoms with Gasteiger partial charge < -0.3 is 28.7 Å². The Hall–Kier alpha value is -2.96. The summed E-state index contributed by atoms with van der Waals surface area (Å²) < 4.78 is 58.7. The predicted octanol–water partition coefficient (Wildman–Crippen LogP) is 4.29. The van der Waals surface area contributed by atoms with Crippen LogP contribution in [0.3, 0.4) is 0 Å². The number of carbonyl (C=O) groups is 1. The third-order valence-corrected chi connectivity index (χ3v) is 8.29. The minimum atomic E-state index is -2.73. The van der Waals surface area contributed by atoms with Crippen LogP contribution in [-0.2, 0) is 28.7 Å². The van der Waals surface area contributed by atoms with Crippen LogP contribution in [0.5, 0.6) is 0 Å². The Morgan fingerprint density at radius 3 is 2.55 bits per heavy atom. The van der Waals surface area contributed by atoms with Crippen LogP contribution < -0.4 is 9.62 Å². The number of anilines is 1. The van der Waals surface area contributed by atoms with Gasteiger partial charge in [-0.05, 0) is 57.0 Å². The first-order valence-electron chi connectivity index (χ1n) is 13.1. The second kappa shape index (κ2) is 10.8. The zero-order chi connectivity index (χ0) is 28.8. The number of benzene rings is 2. The normalized spacial score (nSPS) is 23.9. The maximum atomic E-state index is 13.6. The number of fused-ring (bicyclic) bond motifs is 2. The summed E-state index contributed by atoms with van der Waals surface area (Å²) in [4.78, 5) is 13.0. The van der Waals surface area contributed by atoms with E-state index in [9.17, 15) is 13.4 Å². The summed E-state index contributed by atoms with van der Waals surface area (Å²) in [5, 5.41) is 3.23. The van der Waals surface area contributed by atoms with Crippen LogP contribution in [0.4, 0.5) is 10.1 Å². The van der Waals surface area contributed by atoms with Gasteiger partial charge in [-0.2, -0.15) is 0 Å². The number of halogens is 1. The average molecular weight is 575 g/mol. The molecule has 1 aromatic heterocycles. The summed E-state index contributed by atoms with van der Waals surface area (Å²) in [6.45, 7) is 6.92. The summed E-state index contributed by atoms with van der Waals surface area (Å²) in [7, 11) is -1.20. The molecule has 2 aliphatic heterocycles. The molecule has 9 nitrogen and oxygen atoms in total. The lowest BCUT2D eigenvalue weighted by atomic mass is 10.0. The van der Waals surface area contributed by atoms with Crippen molar-refractivity contribution < 1.29 is 36.8 Å². The number of amides is 1. The molecular weight excluding hydrogens is 539 g/mol. The molecule has 1 fully saturated rings.